The molecule has 22 heavy (non-hydrogen) atoms. The van der Waals surface area contributed by atoms with E-state index < -0.39 is 11.7 Å². The maximum Gasteiger partial charge on any atom is 0.258 e. The van der Waals surface area contributed by atoms with Crippen molar-refractivity contribution < 1.29 is 9.18 Å². The molecule has 0 radical (unpaired) electrons. The summed E-state index contributed by atoms with van der Waals surface area (Å²) in [6, 6.07) is 13.3. The summed E-state index contributed by atoms with van der Waals surface area (Å²) >= 11 is 3.23. The van der Waals surface area contributed by atoms with Gasteiger partial charge in [0.05, 0.1) is 11.3 Å². The second-order valence-corrected chi connectivity index (χ2v) is 5.55. The van der Waals surface area contributed by atoms with Crippen LogP contribution in [0.25, 0.3) is 11.3 Å². The largest absolute Gasteiger partial charge is 0.322 e. The molecule has 3 aromatic rings. The van der Waals surface area contributed by atoms with E-state index in [0.29, 0.717) is 10.2 Å². The minimum atomic E-state index is -0.564. The van der Waals surface area contributed by atoms with Crippen molar-refractivity contribution in [3.63, 3.8) is 0 Å². The molecule has 4 nitrogen and oxygen atoms in total. The number of H-pyrrole nitrogens is 1. The van der Waals surface area contributed by atoms with Gasteiger partial charge in [-0.3, -0.25) is 9.89 Å². The van der Waals surface area contributed by atoms with Gasteiger partial charge in [-0.05, 0) is 36.4 Å². The molecule has 0 bridgehead atoms. The minimum Gasteiger partial charge on any atom is -0.322 e. The van der Waals surface area contributed by atoms with Gasteiger partial charge in [0.1, 0.15) is 5.82 Å². The van der Waals surface area contributed by atoms with Gasteiger partial charge < -0.3 is 5.32 Å². The molecule has 0 spiro atoms. The Bertz CT molecular complexity index is 818. The molecule has 0 aliphatic rings. The van der Waals surface area contributed by atoms with Crippen LogP contribution in [-0.4, -0.2) is 16.1 Å². The van der Waals surface area contributed by atoms with Gasteiger partial charge in [0, 0.05) is 21.9 Å². The van der Waals surface area contributed by atoms with Crippen molar-refractivity contribution in [2.45, 2.75) is 0 Å². The first kappa shape index (κ1) is 14.5. The van der Waals surface area contributed by atoms with Crippen molar-refractivity contribution in [1.29, 1.82) is 0 Å². The Hall–Kier alpha value is -2.47. The molecule has 0 aliphatic heterocycles. The summed E-state index contributed by atoms with van der Waals surface area (Å²) in [7, 11) is 0. The topological polar surface area (TPSA) is 57.8 Å². The van der Waals surface area contributed by atoms with E-state index in [1.807, 2.05) is 18.2 Å². The summed E-state index contributed by atoms with van der Waals surface area (Å²) in [6.07, 6.45) is 1.65. The van der Waals surface area contributed by atoms with Crippen LogP contribution in [0.15, 0.2) is 59.2 Å². The number of anilines is 1. The molecule has 110 valence electrons. The second-order valence-electron chi connectivity index (χ2n) is 4.63. The Kier molecular flexibility index (Phi) is 4.02. The first-order valence-electron chi connectivity index (χ1n) is 6.50. The summed E-state index contributed by atoms with van der Waals surface area (Å²) in [4.78, 5) is 12.2. The van der Waals surface area contributed by atoms with Crippen LogP contribution in [0.5, 0.6) is 0 Å². The number of carbonyl (C=O) groups excluding carboxylic acids is 1. The predicted octanol–water partition coefficient (Wildman–Crippen LogP) is 4.23. The van der Waals surface area contributed by atoms with Crippen LogP contribution in [0, 0.1) is 5.82 Å². The van der Waals surface area contributed by atoms with E-state index in [1.54, 1.807) is 24.4 Å². The second kappa shape index (κ2) is 6.11. The molecular weight excluding hydrogens is 349 g/mol. The van der Waals surface area contributed by atoms with Crippen LogP contribution < -0.4 is 5.32 Å². The highest BCUT2D eigenvalue weighted by molar-refractivity contribution is 9.10. The lowest BCUT2D eigenvalue weighted by atomic mass is 10.1. The first-order valence-corrected chi connectivity index (χ1v) is 7.29. The normalized spacial score (nSPS) is 10.5. The lowest BCUT2D eigenvalue weighted by Crippen LogP contribution is -2.13. The Labute approximate surface area is 134 Å². The number of carbonyl (C=O) groups is 1. The Morgan fingerprint density at radius 1 is 1.18 bits per heavy atom. The number of hydrogen-bond acceptors (Lipinski definition) is 2. The maximum atomic E-state index is 13.7. The number of rotatable bonds is 3. The van der Waals surface area contributed by atoms with Crippen LogP contribution in [0.4, 0.5) is 10.1 Å². The fourth-order valence-electron chi connectivity index (χ4n) is 2.05. The number of hydrogen-bond donors (Lipinski definition) is 2. The summed E-state index contributed by atoms with van der Waals surface area (Å²) in [5.41, 5.74) is 2.28. The van der Waals surface area contributed by atoms with Gasteiger partial charge in [0.2, 0.25) is 0 Å². The van der Waals surface area contributed by atoms with E-state index in [2.05, 4.69) is 31.4 Å². The molecule has 1 aromatic heterocycles. The Balaban J connectivity index is 1.85. The highest BCUT2D eigenvalue weighted by Crippen LogP contribution is 2.22. The van der Waals surface area contributed by atoms with Crippen molar-refractivity contribution in [2.75, 3.05) is 5.32 Å². The zero-order chi connectivity index (χ0) is 15.5. The summed E-state index contributed by atoms with van der Waals surface area (Å²) in [5, 5.41) is 9.44. The van der Waals surface area contributed by atoms with E-state index in [9.17, 15) is 9.18 Å². The van der Waals surface area contributed by atoms with E-state index >= 15 is 0 Å². The zero-order valence-corrected chi connectivity index (χ0v) is 12.9. The molecule has 0 atom stereocenters. The fourth-order valence-corrected chi connectivity index (χ4v) is 2.41. The smallest absolute Gasteiger partial charge is 0.258 e. The van der Waals surface area contributed by atoms with Gasteiger partial charge in [0.25, 0.3) is 5.91 Å². The molecule has 2 N–H and O–H groups in total. The number of halogens is 2. The maximum absolute atomic E-state index is 13.7. The predicted molar refractivity (Wildman–Crippen MR) is 86.1 cm³/mol. The lowest BCUT2D eigenvalue weighted by molar-refractivity contribution is 0.102. The monoisotopic (exact) mass is 359 g/mol. The zero-order valence-electron chi connectivity index (χ0n) is 11.3. The molecule has 6 heteroatoms. The average Bonchev–Trinajstić information content (AvgIpc) is 3.04. The standard InChI is InChI=1S/C16H11BrFN3O/c17-11-4-5-14(18)13(9-11)16(22)20-12-3-1-2-10(8-12)15-6-7-19-21-15/h1-9H,(H,19,21)(H,20,22). The van der Waals surface area contributed by atoms with Crippen LogP contribution in [-0.2, 0) is 0 Å². The lowest BCUT2D eigenvalue weighted by Gasteiger charge is -2.08. The minimum absolute atomic E-state index is 0.0127. The average molecular weight is 360 g/mol. The Morgan fingerprint density at radius 2 is 2.05 bits per heavy atom. The number of benzene rings is 2. The molecule has 0 unspecified atom stereocenters. The first-order chi connectivity index (χ1) is 10.6. The van der Waals surface area contributed by atoms with E-state index in [1.165, 1.54) is 12.1 Å². The molecule has 1 amide bonds. The molecule has 0 saturated carbocycles. The van der Waals surface area contributed by atoms with Crippen molar-refractivity contribution in [2.24, 2.45) is 0 Å². The van der Waals surface area contributed by atoms with Gasteiger partial charge >= 0.3 is 0 Å². The van der Waals surface area contributed by atoms with E-state index in [4.69, 9.17) is 0 Å². The third-order valence-electron chi connectivity index (χ3n) is 3.11. The quantitative estimate of drug-likeness (QED) is 0.734. The van der Waals surface area contributed by atoms with Crippen molar-refractivity contribution >= 4 is 27.5 Å². The van der Waals surface area contributed by atoms with Crippen molar-refractivity contribution in [3.05, 3.63) is 70.6 Å². The number of amides is 1. The number of aromatic nitrogens is 2. The summed E-state index contributed by atoms with van der Waals surface area (Å²) in [5.74, 6) is -1.06. The number of aromatic amines is 1. The van der Waals surface area contributed by atoms with E-state index in [0.717, 1.165) is 11.3 Å². The molecule has 0 fully saturated rings. The molecule has 0 saturated heterocycles. The summed E-state index contributed by atoms with van der Waals surface area (Å²) < 4.78 is 14.4. The van der Waals surface area contributed by atoms with Gasteiger partial charge in [0.15, 0.2) is 0 Å². The van der Waals surface area contributed by atoms with Crippen LogP contribution >= 0.6 is 15.9 Å². The third-order valence-corrected chi connectivity index (χ3v) is 3.60. The molecule has 2 aromatic carbocycles. The van der Waals surface area contributed by atoms with Gasteiger partial charge in [-0.15, -0.1) is 0 Å². The van der Waals surface area contributed by atoms with Gasteiger partial charge in [-0.1, -0.05) is 28.1 Å². The van der Waals surface area contributed by atoms with Gasteiger partial charge in [-0.25, -0.2) is 4.39 Å². The van der Waals surface area contributed by atoms with Crippen molar-refractivity contribution in [3.8, 4) is 11.3 Å². The van der Waals surface area contributed by atoms with Crippen molar-refractivity contribution in [1.82, 2.24) is 10.2 Å². The number of nitrogens with zero attached hydrogens (tertiary/aromatic N) is 1. The van der Waals surface area contributed by atoms with Crippen LogP contribution in [0.1, 0.15) is 10.4 Å². The van der Waals surface area contributed by atoms with E-state index in [-0.39, 0.29) is 5.56 Å². The van der Waals surface area contributed by atoms with Crippen LogP contribution in [0.2, 0.25) is 0 Å². The highest BCUT2D eigenvalue weighted by Gasteiger charge is 2.12. The highest BCUT2D eigenvalue weighted by atomic mass is 79.9. The third kappa shape index (κ3) is 3.07. The molecule has 1 heterocycles. The molecule has 0 aliphatic carbocycles. The fraction of sp³-hybridized carbons (Fsp3) is 0. The Morgan fingerprint density at radius 3 is 2.82 bits per heavy atom. The number of nitrogens with one attached hydrogen (secondary N) is 2. The van der Waals surface area contributed by atoms with Gasteiger partial charge in [-0.2, -0.15) is 5.10 Å². The van der Waals surface area contributed by atoms with Crippen LogP contribution in [0.3, 0.4) is 0 Å². The SMILES string of the molecule is O=C(Nc1cccc(-c2ccn[nH]2)c1)c1cc(Br)ccc1F. The summed E-state index contributed by atoms with van der Waals surface area (Å²) in [6.45, 7) is 0. The molecular formula is C16H11BrFN3O. The molecule has 3 rings (SSSR count).